The average molecular weight is 370 g/mol. The Bertz CT molecular complexity index is 689. The molecule has 1 aromatic carbocycles. The maximum absolute atomic E-state index is 12.6. The predicted molar refractivity (Wildman–Crippen MR) is 107 cm³/mol. The van der Waals surface area contributed by atoms with Crippen molar-refractivity contribution in [2.75, 3.05) is 13.7 Å². The summed E-state index contributed by atoms with van der Waals surface area (Å²) in [5, 5.41) is 3.38. The van der Waals surface area contributed by atoms with Gasteiger partial charge in [0.1, 0.15) is 0 Å². The van der Waals surface area contributed by atoms with Crippen molar-refractivity contribution in [1.29, 1.82) is 0 Å². The Morgan fingerprint density at radius 2 is 1.81 bits per heavy atom. The smallest absolute Gasteiger partial charge is 0.244 e. The van der Waals surface area contributed by atoms with Crippen LogP contribution in [0.15, 0.2) is 24.3 Å². The summed E-state index contributed by atoms with van der Waals surface area (Å²) in [5.41, 5.74) is 1.00. The van der Waals surface area contributed by atoms with Gasteiger partial charge in [0.05, 0.1) is 13.7 Å². The zero-order chi connectivity index (χ0) is 18.9. The van der Waals surface area contributed by atoms with E-state index in [0.717, 1.165) is 35.5 Å². The number of rotatable bonds is 7. The van der Waals surface area contributed by atoms with E-state index in [1.807, 2.05) is 24.3 Å². The summed E-state index contributed by atoms with van der Waals surface area (Å²) in [5.74, 6) is 3.98. The summed E-state index contributed by atoms with van der Waals surface area (Å²) in [6, 6.07) is 5.78. The van der Waals surface area contributed by atoms with Crippen molar-refractivity contribution in [2.24, 2.45) is 17.8 Å². The highest BCUT2D eigenvalue weighted by atomic mass is 16.5. The van der Waals surface area contributed by atoms with Gasteiger partial charge in [0.15, 0.2) is 11.5 Å². The highest BCUT2D eigenvalue weighted by Crippen LogP contribution is 2.55. The first kappa shape index (κ1) is 18.4. The third kappa shape index (κ3) is 3.99. The number of nitrogens with one attached hydrogen (secondary N) is 1. The van der Waals surface area contributed by atoms with Crippen LogP contribution < -0.4 is 14.8 Å². The number of carbonyl (C=O) groups is 1. The molecular weight excluding hydrogens is 338 g/mol. The lowest BCUT2D eigenvalue weighted by molar-refractivity contribution is -0.122. The standard InChI is InChI=1S/C23H31NO3/c1-3-8-27-20-6-4-16(12-21(20)26-2)5-7-22(25)24-23-13-17-9-18(14-23)11-19(10-17)15-23/h4-7,12,17-19H,3,8-11,13-15H2,1-2H3,(H,24,25)/b7-5+. The van der Waals surface area contributed by atoms with Gasteiger partial charge >= 0.3 is 0 Å². The Hall–Kier alpha value is -1.97. The molecule has 0 atom stereocenters. The van der Waals surface area contributed by atoms with Gasteiger partial charge in [-0.1, -0.05) is 13.0 Å². The normalized spacial score (nSPS) is 31.3. The average Bonchev–Trinajstić information content (AvgIpc) is 2.63. The minimum absolute atomic E-state index is 0.0298. The zero-order valence-electron chi connectivity index (χ0n) is 16.5. The lowest BCUT2D eigenvalue weighted by Crippen LogP contribution is -2.59. The molecule has 0 heterocycles. The van der Waals surface area contributed by atoms with Crippen LogP contribution in [0.2, 0.25) is 0 Å². The Kier molecular flexibility index (Phi) is 5.16. The second-order valence-electron chi connectivity index (χ2n) is 8.78. The van der Waals surface area contributed by atoms with Gasteiger partial charge in [-0.2, -0.15) is 0 Å². The topological polar surface area (TPSA) is 47.6 Å². The number of carbonyl (C=O) groups excluding carboxylic acids is 1. The van der Waals surface area contributed by atoms with Gasteiger partial charge in [0, 0.05) is 11.6 Å². The molecule has 0 radical (unpaired) electrons. The second kappa shape index (κ2) is 7.57. The van der Waals surface area contributed by atoms with Crippen molar-refractivity contribution in [2.45, 2.75) is 57.4 Å². The van der Waals surface area contributed by atoms with Crippen molar-refractivity contribution in [1.82, 2.24) is 5.32 Å². The van der Waals surface area contributed by atoms with E-state index in [0.29, 0.717) is 12.4 Å². The summed E-state index contributed by atoms with van der Waals surface area (Å²) < 4.78 is 11.1. The minimum Gasteiger partial charge on any atom is -0.493 e. The van der Waals surface area contributed by atoms with E-state index >= 15 is 0 Å². The van der Waals surface area contributed by atoms with Gasteiger partial charge in [-0.05, 0) is 86.5 Å². The zero-order valence-corrected chi connectivity index (χ0v) is 16.5. The van der Waals surface area contributed by atoms with Crippen molar-refractivity contribution in [3.63, 3.8) is 0 Å². The van der Waals surface area contributed by atoms with Crippen LogP contribution in [0.5, 0.6) is 11.5 Å². The van der Waals surface area contributed by atoms with Crippen LogP contribution in [0.25, 0.3) is 6.08 Å². The monoisotopic (exact) mass is 369 g/mol. The minimum atomic E-state index is 0.0298. The lowest BCUT2D eigenvalue weighted by Gasteiger charge is -2.56. The molecule has 4 aliphatic carbocycles. The molecule has 5 rings (SSSR count). The highest BCUT2D eigenvalue weighted by molar-refractivity contribution is 5.92. The summed E-state index contributed by atoms with van der Waals surface area (Å²) >= 11 is 0. The van der Waals surface area contributed by atoms with Gasteiger partial charge in [0.2, 0.25) is 5.91 Å². The Labute approximate surface area is 162 Å². The molecule has 4 aliphatic rings. The summed E-state index contributed by atoms with van der Waals surface area (Å²) in [6.45, 7) is 2.74. The SMILES string of the molecule is CCCOc1ccc(/C=C/C(=O)NC23CC4CC(CC(C4)C2)C3)cc1OC. The van der Waals surface area contributed by atoms with Crippen molar-refractivity contribution in [3.05, 3.63) is 29.8 Å². The highest BCUT2D eigenvalue weighted by Gasteiger charge is 2.51. The van der Waals surface area contributed by atoms with Crippen LogP contribution in [0.3, 0.4) is 0 Å². The number of hydrogen-bond acceptors (Lipinski definition) is 3. The fraction of sp³-hybridized carbons (Fsp3) is 0.609. The maximum atomic E-state index is 12.6. The first-order valence-corrected chi connectivity index (χ1v) is 10.4. The number of hydrogen-bond donors (Lipinski definition) is 1. The third-order valence-corrected chi connectivity index (χ3v) is 6.50. The molecule has 0 unspecified atom stereocenters. The van der Waals surface area contributed by atoms with E-state index in [2.05, 4.69) is 12.2 Å². The largest absolute Gasteiger partial charge is 0.493 e. The maximum Gasteiger partial charge on any atom is 0.244 e. The van der Waals surface area contributed by atoms with E-state index in [9.17, 15) is 4.79 Å². The number of methoxy groups -OCH3 is 1. The summed E-state index contributed by atoms with van der Waals surface area (Å²) in [7, 11) is 1.64. The van der Waals surface area contributed by atoms with E-state index in [1.165, 1.54) is 38.5 Å². The first-order chi connectivity index (χ1) is 13.1. The lowest BCUT2D eigenvalue weighted by atomic mass is 9.53. The molecule has 146 valence electrons. The van der Waals surface area contributed by atoms with Crippen LogP contribution in [-0.2, 0) is 4.79 Å². The molecule has 4 bridgehead atoms. The molecule has 4 saturated carbocycles. The molecular formula is C23H31NO3. The van der Waals surface area contributed by atoms with E-state index in [4.69, 9.17) is 9.47 Å². The molecule has 27 heavy (non-hydrogen) atoms. The van der Waals surface area contributed by atoms with Gasteiger partial charge in [0.25, 0.3) is 0 Å². The van der Waals surface area contributed by atoms with Gasteiger partial charge in [-0.15, -0.1) is 0 Å². The van der Waals surface area contributed by atoms with Crippen LogP contribution >= 0.6 is 0 Å². The number of ether oxygens (including phenoxy) is 2. The molecule has 0 saturated heterocycles. The summed E-state index contributed by atoms with van der Waals surface area (Å²) in [4.78, 5) is 12.6. The molecule has 0 spiro atoms. The predicted octanol–water partition coefficient (Wildman–Crippen LogP) is 4.58. The summed E-state index contributed by atoms with van der Waals surface area (Å²) in [6.07, 6.45) is 12.2. The molecule has 4 fully saturated rings. The van der Waals surface area contributed by atoms with Gasteiger partial charge in [-0.3, -0.25) is 4.79 Å². The quantitative estimate of drug-likeness (QED) is 0.716. The Morgan fingerprint density at radius 1 is 1.15 bits per heavy atom. The second-order valence-corrected chi connectivity index (χ2v) is 8.78. The van der Waals surface area contributed by atoms with E-state index < -0.39 is 0 Å². The molecule has 0 aliphatic heterocycles. The van der Waals surface area contributed by atoms with E-state index in [-0.39, 0.29) is 11.4 Å². The molecule has 0 aromatic heterocycles. The van der Waals surface area contributed by atoms with Crippen LogP contribution in [0, 0.1) is 17.8 Å². The van der Waals surface area contributed by atoms with Crippen LogP contribution in [0.4, 0.5) is 0 Å². The molecule has 4 heteroatoms. The molecule has 1 aromatic rings. The first-order valence-electron chi connectivity index (χ1n) is 10.4. The van der Waals surface area contributed by atoms with Crippen LogP contribution in [-0.4, -0.2) is 25.2 Å². The van der Waals surface area contributed by atoms with Crippen LogP contribution in [0.1, 0.15) is 57.4 Å². The Morgan fingerprint density at radius 3 is 2.41 bits per heavy atom. The van der Waals surface area contributed by atoms with Gasteiger partial charge < -0.3 is 14.8 Å². The third-order valence-electron chi connectivity index (χ3n) is 6.50. The molecule has 1 N–H and O–H groups in total. The van der Waals surface area contributed by atoms with Gasteiger partial charge in [-0.25, -0.2) is 0 Å². The van der Waals surface area contributed by atoms with Crippen molar-refractivity contribution < 1.29 is 14.3 Å². The molecule has 4 nitrogen and oxygen atoms in total. The number of amides is 1. The molecule has 1 amide bonds. The Balaban J connectivity index is 1.40. The van der Waals surface area contributed by atoms with E-state index in [1.54, 1.807) is 13.2 Å². The van der Waals surface area contributed by atoms with Crippen molar-refractivity contribution in [3.8, 4) is 11.5 Å². The number of benzene rings is 1. The fourth-order valence-electron chi connectivity index (χ4n) is 5.86. The van der Waals surface area contributed by atoms with Crippen molar-refractivity contribution >= 4 is 12.0 Å². The fourth-order valence-corrected chi connectivity index (χ4v) is 5.86.